The van der Waals surface area contributed by atoms with E-state index in [0.717, 1.165) is 53.6 Å². The lowest BCUT2D eigenvalue weighted by atomic mass is 10.3. The third-order valence-electron chi connectivity index (χ3n) is 3.67. The molecule has 10 heteroatoms. The van der Waals surface area contributed by atoms with Crippen LogP contribution in [0.15, 0.2) is 9.95 Å². The van der Waals surface area contributed by atoms with Gasteiger partial charge in [-0.2, -0.15) is 0 Å². The van der Waals surface area contributed by atoms with Crippen LogP contribution in [0.4, 0.5) is 5.13 Å². The first-order valence-electron chi connectivity index (χ1n) is 7.58. The van der Waals surface area contributed by atoms with Gasteiger partial charge < -0.3 is 15.0 Å². The molecule has 0 aromatic carbocycles. The summed E-state index contributed by atoms with van der Waals surface area (Å²) in [6, 6.07) is 0. The Kier molecular flexibility index (Phi) is 5.19. The summed E-state index contributed by atoms with van der Waals surface area (Å²) in [4.78, 5) is 47.2. The molecule has 2 N–H and O–H groups in total. The number of thiazole rings is 1. The molecule has 3 rings (SSSR count). The number of rotatable bonds is 5. The van der Waals surface area contributed by atoms with Crippen molar-refractivity contribution in [2.75, 3.05) is 18.2 Å². The highest BCUT2D eigenvalue weighted by atomic mass is 32.2. The van der Waals surface area contributed by atoms with Crippen LogP contribution in [0.25, 0.3) is 0 Å². The Morgan fingerprint density at radius 1 is 1.36 bits per heavy atom. The zero-order chi connectivity index (χ0) is 18.0. The Morgan fingerprint density at radius 3 is 2.92 bits per heavy atom. The lowest BCUT2D eigenvalue weighted by Gasteiger charge is -2.03. The minimum atomic E-state index is -0.482. The number of hydrogen-bond donors (Lipinski definition) is 2. The predicted molar refractivity (Wildman–Crippen MR) is 94.4 cm³/mol. The van der Waals surface area contributed by atoms with E-state index in [1.54, 1.807) is 6.92 Å². The topological polar surface area (TPSA) is 114 Å². The van der Waals surface area contributed by atoms with E-state index >= 15 is 0 Å². The van der Waals surface area contributed by atoms with Crippen LogP contribution in [0.5, 0.6) is 0 Å². The maximum atomic E-state index is 12.1. The SMILES string of the molecule is COC(=O)c1sc(NC(=O)CSc2nc3c(c(=O)[nH]2)CCC3)nc1C. The first-order valence-corrected chi connectivity index (χ1v) is 9.38. The summed E-state index contributed by atoms with van der Waals surface area (Å²) < 4.78 is 4.66. The smallest absolute Gasteiger partial charge is 0.350 e. The zero-order valence-corrected chi connectivity index (χ0v) is 15.3. The standard InChI is InChI=1S/C15H16N4O4S2/c1-7-11(13(22)23-2)25-15(16-7)18-10(20)6-24-14-17-9-5-3-4-8(9)12(21)19-14/h3-6H2,1-2H3,(H,16,18,20)(H,17,19,21). The number of nitrogens with zero attached hydrogens (tertiary/aromatic N) is 2. The maximum absolute atomic E-state index is 12.1. The van der Waals surface area contributed by atoms with Crippen molar-refractivity contribution < 1.29 is 14.3 Å². The van der Waals surface area contributed by atoms with Crippen LogP contribution in [0.3, 0.4) is 0 Å². The number of aromatic nitrogens is 3. The zero-order valence-electron chi connectivity index (χ0n) is 13.7. The van der Waals surface area contributed by atoms with E-state index < -0.39 is 5.97 Å². The van der Waals surface area contributed by atoms with Crippen LogP contribution in [0, 0.1) is 6.92 Å². The van der Waals surface area contributed by atoms with Gasteiger partial charge >= 0.3 is 5.97 Å². The maximum Gasteiger partial charge on any atom is 0.350 e. The highest BCUT2D eigenvalue weighted by Gasteiger charge is 2.19. The minimum Gasteiger partial charge on any atom is -0.465 e. The Morgan fingerprint density at radius 2 is 2.16 bits per heavy atom. The second-order valence-electron chi connectivity index (χ2n) is 5.41. The number of aryl methyl sites for hydroxylation is 2. The number of carbonyl (C=O) groups excluding carboxylic acids is 2. The van der Waals surface area contributed by atoms with E-state index in [1.807, 2.05) is 0 Å². The summed E-state index contributed by atoms with van der Waals surface area (Å²) >= 11 is 2.22. The number of aromatic amines is 1. The van der Waals surface area contributed by atoms with Gasteiger partial charge in [-0.25, -0.2) is 14.8 Å². The van der Waals surface area contributed by atoms with Crippen molar-refractivity contribution in [1.82, 2.24) is 15.0 Å². The van der Waals surface area contributed by atoms with Crippen molar-refractivity contribution >= 4 is 40.1 Å². The van der Waals surface area contributed by atoms with Crippen LogP contribution >= 0.6 is 23.1 Å². The van der Waals surface area contributed by atoms with Gasteiger partial charge in [-0.15, -0.1) is 0 Å². The Hall–Kier alpha value is -2.20. The number of esters is 1. The van der Waals surface area contributed by atoms with E-state index in [-0.39, 0.29) is 17.2 Å². The van der Waals surface area contributed by atoms with Crippen LogP contribution in [-0.4, -0.2) is 39.7 Å². The Bertz CT molecular complexity index is 890. The number of thioether (sulfide) groups is 1. The summed E-state index contributed by atoms with van der Waals surface area (Å²) in [6.45, 7) is 1.67. The van der Waals surface area contributed by atoms with Gasteiger partial charge in [0.25, 0.3) is 5.56 Å². The molecule has 2 aromatic rings. The number of amides is 1. The highest BCUT2D eigenvalue weighted by molar-refractivity contribution is 7.99. The fourth-order valence-electron chi connectivity index (χ4n) is 2.51. The summed E-state index contributed by atoms with van der Waals surface area (Å²) in [5, 5.41) is 3.41. The molecular weight excluding hydrogens is 364 g/mol. The number of anilines is 1. The van der Waals surface area contributed by atoms with E-state index in [9.17, 15) is 14.4 Å². The Labute approximate surface area is 151 Å². The van der Waals surface area contributed by atoms with Crippen LogP contribution in [0.2, 0.25) is 0 Å². The largest absolute Gasteiger partial charge is 0.465 e. The van der Waals surface area contributed by atoms with E-state index in [2.05, 4.69) is 25.0 Å². The summed E-state index contributed by atoms with van der Waals surface area (Å²) in [5.41, 5.74) is 1.96. The molecule has 0 spiro atoms. The molecule has 0 aliphatic heterocycles. The normalized spacial score (nSPS) is 12.7. The van der Waals surface area contributed by atoms with Gasteiger partial charge in [-0.05, 0) is 26.2 Å². The van der Waals surface area contributed by atoms with Crippen molar-refractivity contribution in [3.05, 3.63) is 32.2 Å². The second kappa shape index (κ2) is 7.36. The van der Waals surface area contributed by atoms with Crippen molar-refractivity contribution in [2.24, 2.45) is 0 Å². The summed E-state index contributed by atoms with van der Waals surface area (Å²) in [6.07, 6.45) is 2.49. The molecule has 0 unspecified atom stereocenters. The van der Waals surface area contributed by atoms with E-state index in [4.69, 9.17) is 0 Å². The van der Waals surface area contributed by atoms with Gasteiger partial charge in [0.1, 0.15) is 4.88 Å². The molecular formula is C15H16N4O4S2. The molecule has 8 nitrogen and oxygen atoms in total. The van der Waals surface area contributed by atoms with Gasteiger partial charge in [0, 0.05) is 5.56 Å². The molecule has 0 saturated carbocycles. The molecule has 2 aromatic heterocycles. The number of nitrogens with one attached hydrogen (secondary N) is 2. The van der Waals surface area contributed by atoms with Crippen molar-refractivity contribution in [3.63, 3.8) is 0 Å². The molecule has 2 heterocycles. The highest BCUT2D eigenvalue weighted by Crippen LogP contribution is 2.24. The van der Waals surface area contributed by atoms with Crippen molar-refractivity contribution in [1.29, 1.82) is 0 Å². The van der Waals surface area contributed by atoms with Gasteiger partial charge in [0.05, 0.1) is 24.3 Å². The summed E-state index contributed by atoms with van der Waals surface area (Å²) in [5.74, 6) is -0.698. The monoisotopic (exact) mass is 380 g/mol. The van der Waals surface area contributed by atoms with Crippen molar-refractivity contribution in [3.8, 4) is 0 Å². The van der Waals surface area contributed by atoms with Crippen LogP contribution in [0.1, 0.15) is 33.0 Å². The number of methoxy groups -OCH3 is 1. The first-order chi connectivity index (χ1) is 12.0. The molecule has 0 radical (unpaired) electrons. The summed E-state index contributed by atoms with van der Waals surface area (Å²) in [7, 11) is 1.29. The molecule has 1 amide bonds. The number of carbonyl (C=O) groups is 2. The number of ether oxygens (including phenoxy) is 1. The van der Waals surface area contributed by atoms with Crippen molar-refractivity contribution in [2.45, 2.75) is 31.3 Å². The molecule has 0 bridgehead atoms. The average Bonchev–Trinajstić information content (AvgIpc) is 3.19. The third kappa shape index (κ3) is 3.90. The minimum absolute atomic E-state index is 0.0773. The predicted octanol–water partition coefficient (Wildman–Crippen LogP) is 1.54. The second-order valence-corrected chi connectivity index (χ2v) is 7.37. The molecule has 132 valence electrons. The fourth-order valence-corrected chi connectivity index (χ4v) is 4.09. The molecule has 1 aliphatic rings. The van der Waals surface area contributed by atoms with Crippen LogP contribution < -0.4 is 10.9 Å². The van der Waals surface area contributed by atoms with Gasteiger partial charge in [0.2, 0.25) is 5.91 Å². The number of hydrogen-bond acceptors (Lipinski definition) is 8. The quantitative estimate of drug-likeness (QED) is 0.459. The van der Waals surface area contributed by atoms with E-state index in [1.165, 1.54) is 7.11 Å². The third-order valence-corrected chi connectivity index (χ3v) is 5.60. The number of fused-ring (bicyclic) bond motifs is 1. The molecule has 1 aliphatic carbocycles. The molecule has 0 atom stereocenters. The number of H-pyrrole nitrogens is 1. The first kappa shape index (κ1) is 17.6. The van der Waals surface area contributed by atoms with Crippen LogP contribution in [-0.2, 0) is 22.4 Å². The molecule has 25 heavy (non-hydrogen) atoms. The fraction of sp³-hybridized carbons (Fsp3) is 0.400. The van der Waals surface area contributed by atoms with E-state index in [0.29, 0.717) is 20.9 Å². The van der Waals surface area contributed by atoms with Gasteiger partial charge in [0.15, 0.2) is 10.3 Å². The molecule has 0 fully saturated rings. The average molecular weight is 380 g/mol. The van der Waals surface area contributed by atoms with Gasteiger partial charge in [-0.1, -0.05) is 23.1 Å². The molecule has 0 saturated heterocycles. The Balaban J connectivity index is 1.61. The van der Waals surface area contributed by atoms with Gasteiger partial charge in [-0.3, -0.25) is 9.59 Å². The lowest BCUT2D eigenvalue weighted by molar-refractivity contribution is -0.113. The lowest BCUT2D eigenvalue weighted by Crippen LogP contribution is -2.17.